The number of carbonyl (C=O) groups is 1. The Hall–Kier alpha value is -2.04. The summed E-state index contributed by atoms with van der Waals surface area (Å²) in [5.41, 5.74) is 1.29. The lowest BCUT2D eigenvalue weighted by Gasteiger charge is -2.01. The Kier molecular flexibility index (Phi) is 3.50. The molecule has 94 valence electrons. The third-order valence-electron chi connectivity index (χ3n) is 2.54. The molecular weight excluding hydrogens is 238 g/mol. The van der Waals surface area contributed by atoms with E-state index in [-0.39, 0.29) is 18.6 Å². The molecule has 18 heavy (non-hydrogen) atoms. The minimum absolute atomic E-state index is 0.0611. The van der Waals surface area contributed by atoms with Crippen molar-refractivity contribution in [2.24, 2.45) is 7.05 Å². The second kappa shape index (κ2) is 5.08. The Morgan fingerprint density at radius 1 is 1.22 bits per heavy atom. The van der Waals surface area contributed by atoms with Crippen LogP contribution in [-0.2, 0) is 24.7 Å². The van der Waals surface area contributed by atoms with E-state index in [0.717, 1.165) is 17.7 Å². The summed E-state index contributed by atoms with van der Waals surface area (Å²) in [6, 6.07) is 3.50. The van der Waals surface area contributed by atoms with Crippen LogP contribution in [0, 0.1) is 11.6 Å². The number of Topliss-reactive ketones (excluding diaryl/α,β-unsaturated/α-hetero) is 1. The number of hydrogen-bond donors (Lipinski definition) is 0. The van der Waals surface area contributed by atoms with E-state index in [2.05, 4.69) is 5.10 Å². The first kappa shape index (κ1) is 12.4. The number of aromatic nitrogens is 2. The van der Waals surface area contributed by atoms with E-state index in [1.165, 1.54) is 6.07 Å². The quantitative estimate of drug-likeness (QED) is 0.832. The molecule has 0 spiro atoms. The van der Waals surface area contributed by atoms with Gasteiger partial charge in [-0.2, -0.15) is 5.10 Å². The summed E-state index contributed by atoms with van der Waals surface area (Å²) >= 11 is 0. The fourth-order valence-corrected chi connectivity index (χ4v) is 1.73. The first-order valence-corrected chi connectivity index (χ1v) is 5.48. The minimum Gasteiger partial charge on any atom is -0.299 e. The molecule has 0 aliphatic rings. The maximum atomic E-state index is 13.0. The van der Waals surface area contributed by atoms with Gasteiger partial charge in [0.05, 0.1) is 6.20 Å². The van der Waals surface area contributed by atoms with Gasteiger partial charge in [0.15, 0.2) is 11.6 Å². The number of ketones is 1. The van der Waals surface area contributed by atoms with Crippen LogP contribution >= 0.6 is 0 Å². The van der Waals surface area contributed by atoms with Gasteiger partial charge >= 0.3 is 0 Å². The molecule has 0 bridgehead atoms. The van der Waals surface area contributed by atoms with Crippen molar-refractivity contribution in [2.45, 2.75) is 12.8 Å². The summed E-state index contributed by atoms with van der Waals surface area (Å²) in [4.78, 5) is 11.7. The molecule has 0 radical (unpaired) electrons. The summed E-state index contributed by atoms with van der Waals surface area (Å²) in [5.74, 6) is -1.89. The molecule has 0 N–H and O–H groups in total. The standard InChI is InChI=1S/C13H12F2N2O/c1-17-8-10(7-16-17)5-11(18)4-9-2-3-12(14)13(15)6-9/h2-3,6-8H,4-5H2,1H3. The van der Waals surface area contributed by atoms with Gasteiger partial charge in [-0.1, -0.05) is 6.07 Å². The predicted molar refractivity (Wildman–Crippen MR) is 62.0 cm³/mol. The van der Waals surface area contributed by atoms with Gasteiger partial charge in [0.2, 0.25) is 0 Å². The maximum absolute atomic E-state index is 13.0. The Bertz CT molecular complexity index is 578. The summed E-state index contributed by atoms with van der Waals surface area (Å²) in [5, 5.41) is 3.96. The van der Waals surface area contributed by atoms with E-state index >= 15 is 0 Å². The fourth-order valence-electron chi connectivity index (χ4n) is 1.73. The van der Waals surface area contributed by atoms with Gasteiger partial charge in [0.1, 0.15) is 5.78 Å². The highest BCUT2D eigenvalue weighted by Crippen LogP contribution is 2.10. The average molecular weight is 250 g/mol. The molecule has 0 saturated carbocycles. The van der Waals surface area contributed by atoms with E-state index in [4.69, 9.17) is 0 Å². The number of halogens is 2. The molecule has 0 unspecified atom stereocenters. The van der Waals surface area contributed by atoms with Gasteiger partial charge in [-0.15, -0.1) is 0 Å². The Morgan fingerprint density at radius 2 is 1.94 bits per heavy atom. The van der Waals surface area contributed by atoms with E-state index < -0.39 is 11.6 Å². The maximum Gasteiger partial charge on any atom is 0.159 e. The van der Waals surface area contributed by atoms with Crippen LogP contribution in [0.25, 0.3) is 0 Å². The molecular formula is C13H12F2N2O. The zero-order valence-electron chi connectivity index (χ0n) is 9.86. The molecule has 2 aromatic rings. The zero-order chi connectivity index (χ0) is 13.1. The second-order valence-corrected chi connectivity index (χ2v) is 4.16. The van der Waals surface area contributed by atoms with Crippen LogP contribution in [0.3, 0.4) is 0 Å². The number of rotatable bonds is 4. The number of benzene rings is 1. The van der Waals surface area contributed by atoms with Crippen molar-refractivity contribution in [2.75, 3.05) is 0 Å². The van der Waals surface area contributed by atoms with Gasteiger partial charge in [0.25, 0.3) is 0 Å². The molecule has 2 rings (SSSR count). The number of nitrogens with zero attached hydrogens (tertiary/aromatic N) is 2. The molecule has 0 saturated heterocycles. The van der Waals surface area contributed by atoms with Crippen LogP contribution in [0.5, 0.6) is 0 Å². The van der Waals surface area contributed by atoms with Crippen molar-refractivity contribution in [1.29, 1.82) is 0 Å². The largest absolute Gasteiger partial charge is 0.299 e. The van der Waals surface area contributed by atoms with E-state index in [0.29, 0.717) is 5.56 Å². The second-order valence-electron chi connectivity index (χ2n) is 4.16. The topological polar surface area (TPSA) is 34.9 Å². The molecule has 1 heterocycles. The summed E-state index contributed by atoms with van der Waals surface area (Å²) in [6.45, 7) is 0. The van der Waals surface area contributed by atoms with E-state index in [1.807, 2.05) is 0 Å². The molecule has 0 aliphatic carbocycles. The van der Waals surface area contributed by atoms with Gasteiger partial charge in [0, 0.05) is 26.1 Å². The number of hydrogen-bond acceptors (Lipinski definition) is 2. The number of carbonyl (C=O) groups excluding carboxylic acids is 1. The van der Waals surface area contributed by atoms with E-state index in [9.17, 15) is 13.6 Å². The van der Waals surface area contributed by atoms with Crippen molar-refractivity contribution in [3.05, 3.63) is 53.4 Å². The van der Waals surface area contributed by atoms with Crippen molar-refractivity contribution in [1.82, 2.24) is 9.78 Å². The third kappa shape index (κ3) is 3.00. The molecule has 0 atom stereocenters. The van der Waals surface area contributed by atoms with Gasteiger partial charge in [-0.3, -0.25) is 9.48 Å². The molecule has 3 nitrogen and oxygen atoms in total. The third-order valence-corrected chi connectivity index (χ3v) is 2.54. The summed E-state index contributed by atoms with van der Waals surface area (Å²) < 4.78 is 27.3. The van der Waals surface area contributed by atoms with Crippen molar-refractivity contribution in [3.8, 4) is 0 Å². The fraction of sp³-hybridized carbons (Fsp3) is 0.231. The molecule has 0 fully saturated rings. The Balaban J connectivity index is 2.00. The van der Waals surface area contributed by atoms with Crippen LogP contribution in [0.15, 0.2) is 30.6 Å². The van der Waals surface area contributed by atoms with Crippen LogP contribution < -0.4 is 0 Å². The highest BCUT2D eigenvalue weighted by atomic mass is 19.2. The van der Waals surface area contributed by atoms with Crippen molar-refractivity contribution in [3.63, 3.8) is 0 Å². The smallest absolute Gasteiger partial charge is 0.159 e. The predicted octanol–water partition coefficient (Wildman–Crippen LogP) is 2.05. The van der Waals surface area contributed by atoms with Crippen LogP contribution in [0.1, 0.15) is 11.1 Å². The minimum atomic E-state index is -0.929. The lowest BCUT2D eigenvalue weighted by molar-refractivity contribution is -0.117. The van der Waals surface area contributed by atoms with Crippen LogP contribution in [0.4, 0.5) is 8.78 Å². The van der Waals surface area contributed by atoms with Gasteiger partial charge < -0.3 is 0 Å². The lowest BCUT2D eigenvalue weighted by atomic mass is 10.0. The van der Waals surface area contributed by atoms with Crippen LogP contribution in [0.2, 0.25) is 0 Å². The highest BCUT2D eigenvalue weighted by molar-refractivity contribution is 5.82. The Morgan fingerprint density at radius 3 is 2.56 bits per heavy atom. The zero-order valence-corrected chi connectivity index (χ0v) is 9.86. The SMILES string of the molecule is Cn1cc(CC(=O)Cc2ccc(F)c(F)c2)cn1. The normalized spacial score (nSPS) is 10.6. The van der Waals surface area contributed by atoms with Crippen molar-refractivity contribution >= 4 is 5.78 Å². The highest BCUT2D eigenvalue weighted by Gasteiger charge is 2.09. The molecule has 0 aliphatic heterocycles. The molecule has 0 amide bonds. The molecule has 5 heteroatoms. The van der Waals surface area contributed by atoms with Crippen molar-refractivity contribution < 1.29 is 13.6 Å². The summed E-state index contributed by atoms with van der Waals surface area (Å²) in [6.07, 6.45) is 3.70. The average Bonchev–Trinajstić information content (AvgIpc) is 2.69. The monoisotopic (exact) mass is 250 g/mol. The first-order chi connectivity index (χ1) is 8.54. The number of aryl methyl sites for hydroxylation is 1. The molecule has 1 aromatic heterocycles. The summed E-state index contributed by atoms with van der Waals surface area (Å²) in [7, 11) is 1.77. The van der Waals surface area contributed by atoms with E-state index in [1.54, 1.807) is 24.1 Å². The van der Waals surface area contributed by atoms with Gasteiger partial charge in [-0.25, -0.2) is 8.78 Å². The molecule has 1 aromatic carbocycles. The first-order valence-electron chi connectivity index (χ1n) is 5.48. The Labute approximate surface area is 103 Å². The van der Waals surface area contributed by atoms with Gasteiger partial charge in [-0.05, 0) is 23.3 Å². The van der Waals surface area contributed by atoms with Crippen LogP contribution in [-0.4, -0.2) is 15.6 Å². The lowest BCUT2D eigenvalue weighted by Crippen LogP contribution is -2.06.